The van der Waals surface area contributed by atoms with Crippen molar-refractivity contribution in [3.8, 4) is 11.1 Å². The molecule has 2 nitrogen and oxygen atoms in total. The van der Waals surface area contributed by atoms with Gasteiger partial charge in [-0.1, -0.05) is 42.5 Å². The predicted molar refractivity (Wildman–Crippen MR) is 87.8 cm³/mol. The van der Waals surface area contributed by atoms with Crippen LogP contribution >= 0.6 is 0 Å². The molecule has 0 radical (unpaired) electrons. The average Bonchev–Trinajstić information content (AvgIpc) is 3.02. The lowest BCUT2D eigenvalue weighted by molar-refractivity contribution is 1.12. The molecule has 0 amide bonds. The van der Waals surface area contributed by atoms with Gasteiger partial charge in [0.2, 0.25) is 0 Å². The van der Waals surface area contributed by atoms with E-state index in [-0.39, 0.29) is 0 Å². The summed E-state index contributed by atoms with van der Waals surface area (Å²) in [4.78, 5) is 0. The highest BCUT2D eigenvalue weighted by Gasteiger charge is 2.20. The molecule has 0 saturated heterocycles. The molecule has 1 aliphatic carbocycles. The van der Waals surface area contributed by atoms with Gasteiger partial charge in [-0.3, -0.25) is 4.68 Å². The number of rotatable bonds is 0. The van der Waals surface area contributed by atoms with Crippen molar-refractivity contribution in [2.75, 3.05) is 5.84 Å². The van der Waals surface area contributed by atoms with Crippen molar-refractivity contribution in [2.45, 2.75) is 6.42 Å². The monoisotopic (exact) mass is 270 g/mol. The molecule has 0 bridgehead atoms. The quantitative estimate of drug-likeness (QED) is 0.422. The molecular weight excluding hydrogens is 256 g/mol. The third kappa shape index (κ3) is 1.32. The van der Waals surface area contributed by atoms with Crippen molar-refractivity contribution >= 4 is 21.8 Å². The van der Waals surface area contributed by atoms with Crippen molar-refractivity contribution in [3.05, 3.63) is 71.8 Å². The minimum atomic E-state index is 1.02. The van der Waals surface area contributed by atoms with Crippen molar-refractivity contribution in [1.82, 2.24) is 4.68 Å². The van der Waals surface area contributed by atoms with Gasteiger partial charge in [0.05, 0.1) is 11.0 Å². The molecule has 0 spiro atoms. The molecule has 0 saturated carbocycles. The van der Waals surface area contributed by atoms with E-state index in [1.165, 1.54) is 33.0 Å². The van der Waals surface area contributed by atoms with Gasteiger partial charge < -0.3 is 5.84 Å². The van der Waals surface area contributed by atoms with Gasteiger partial charge in [-0.05, 0) is 46.9 Å². The first-order valence-electron chi connectivity index (χ1n) is 7.22. The highest BCUT2D eigenvalue weighted by molar-refractivity contribution is 6.10. The summed E-state index contributed by atoms with van der Waals surface area (Å²) in [5.74, 6) is 6.31. The molecule has 2 N–H and O–H groups in total. The number of fused-ring (bicyclic) bond motifs is 6. The molecule has 21 heavy (non-hydrogen) atoms. The van der Waals surface area contributed by atoms with Crippen LogP contribution in [0.3, 0.4) is 0 Å². The van der Waals surface area contributed by atoms with Gasteiger partial charge >= 0.3 is 0 Å². The zero-order chi connectivity index (χ0) is 14.0. The molecule has 5 rings (SSSR count). The van der Waals surface area contributed by atoms with E-state index >= 15 is 0 Å². The number of aromatic nitrogens is 1. The summed E-state index contributed by atoms with van der Waals surface area (Å²) in [6, 6.07) is 21.5. The maximum atomic E-state index is 6.31. The SMILES string of the molecule is Nn1c2ccccc2c2cc3c(cc21)-c1ccccc1C3. The number of hydrogen-bond acceptors (Lipinski definition) is 1. The van der Waals surface area contributed by atoms with Crippen LogP contribution in [0.25, 0.3) is 32.9 Å². The summed E-state index contributed by atoms with van der Waals surface area (Å²) in [5.41, 5.74) is 7.68. The van der Waals surface area contributed by atoms with Crippen LogP contribution in [0.2, 0.25) is 0 Å². The Labute approximate surface area is 122 Å². The lowest BCUT2D eigenvalue weighted by Crippen LogP contribution is -2.06. The third-order valence-corrected chi connectivity index (χ3v) is 4.62. The second-order valence-electron chi connectivity index (χ2n) is 5.75. The fourth-order valence-corrected chi connectivity index (χ4v) is 3.63. The molecule has 0 fully saturated rings. The lowest BCUT2D eigenvalue weighted by atomic mass is 10.0. The van der Waals surface area contributed by atoms with Gasteiger partial charge in [-0.25, -0.2) is 0 Å². The Morgan fingerprint density at radius 1 is 0.714 bits per heavy atom. The number of para-hydroxylation sites is 1. The molecule has 2 heteroatoms. The van der Waals surface area contributed by atoms with Crippen LogP contribution < -0.4 is 5.84 Å². The van der Waals surface area contributed by atoms with E-state index in [4.69, 9.17) is 5.84 Å². The minimum Gasteiger partial charge on any atom is -0.339 e. The van der Waals surface area contributed by atoms with E-state index in [2.05, 4.69) is 54.6 Å². The summed E-state index contributed by atoms with van der Waals surface area (Å²) in [6.45, 7) is 0. The normalized spacial score (nSPS) is 12.8. The van der Waals surface area contributed by atoms with Crippen LogP contribution in [0.5, 0.6) is 0 Å². The zero-order valence-corrected chi connectivity index (χ0v) is 11.5. The zero-order valence-electron chi connectivity index (χ0n) is 11.5. The maximum absolute atomic E-state index is 6.31. The van der Waals surface area contributed by atoms with E-state index < -0.39 is 0 Å². The van der Waals surface area contributed by atoms with Gasteiger partial charge in [-0.15, -0.1) is 0 Å². The van der Waals surface area contributed by atoms with Crippen molar-refractivity contribution in [3.63, 3.8) is 0 Å². The van der Waals surface area contributed by atoms with E-state index in [1.54, 1.807) is 0 Å². The number of nitrogen functional groups attached to an aromatic ring is 1. The Hall–Kier alpha value is -2.74. The third-order valence-electron chi connectivity index (χ3n) is 4.62. The number of benzene rings is 3. The van der Waals surface area contributed by atoms with Crippen molar-refractivity contribution < 1.29 is 0 Å². The number of nitrogens with two attached hydrogens (primary N) is 1. The number of hydrogen-bond donors (Lipinski definition) is 1. The molecule has 4 aromatic rings. The molecule has 0 aliphatic heterocycles. The van der Waals surface area contributed by atoms with Gasteiger partial charge in [0, 0.05) is 10.8 Å². The van der Waals surface area contributed by atoms with E-state index in [1.807, 2.05) is 10.7 Å². The summed E-state index contributed by atoms with van der Waals surface area (Å²) in [5, 5.41) is 2.48. The van der Waals surface area contributed by atoms with Crippen molar-refractivity contribution in [1.29, 1.82) is 0 Å². The smallest absolute Gasteiger partial charge is 0.0709 e. The van der Waals surface area contributed by atoms with Gasteiger partial charge in [0.25, 0.3) is 0 Å². The van der Waals surface area contributed by atoms with Crippen LogP contribution in [-0.4, -0.2) is 4.68 Å². The Morgan fingerprint density at radius 3 is 2.48 bits per heavy atom. The standard InChI is InChI=1S/C19H14N2/c20-21-18-8-4-3-7-15(18)17-10-13-9-12-5-1-2-6-14(12)16(13)11-19(17)21/h1-8,10-11H,9,20H2. The molecule has 0 atom stereocenters. The number of nitrogens with zero attached hydrogens (tertiary/aromatic N) is 1. The Bertz CT molecular complexity index is 1020. The van der Waals surface area contributed by atoms with Gasteiger partial charge in [0.1, 0.15) is 0 Å². The summed E-state index contributed by atoms with van der Waals surface area (Å²) < 4.78 is 1.81. The second-order valence-corrected chi connectivity index (χ2v) is 5.75. The summed E-state index contributed by atoms with van der Waals surface area (Å²) >= 11 is 0. The molecule has 1 aliphatic rings. The molecule has 3 aromatic carbocycles. The molecular formula is C19H14N2. The highest BCUT2D eigenvalue weighted by atomic mass is 15.3. The Morgan fingerprint density at radius 2 is 1.52 bits per heavy atom. The first kappa shape index (κ1) is 11.0. The molecule has 1 aromatic heterocycles. The van der Waals surface area contributed by atoms with Crippen LogP contribution in [0.4, 0.5) is 0 Å². The average molecular weight is 270 g/mol. The second kappa shape index (κ2) is 3.67. The Balaban J connectivity index is 1.93. The first-order chi connectivity index (χ1) is 10.3. The lowest BCUT2D eigenvalue weighted by Gasteiger charge is -2.03. The topological polar surface area (TPSA) is 30.9 Å². The van der Waals surface area contributed by atoms with E-state index in [0.29, 0.717) is 0 Å². The summed E-state index contributed by atoms with van der Waals surface area (Å²) in [7, 11) is 0. The van der Waals surface area contributed by atoms with Gasteiger partial charge in [-0.2, -0.15) is 0 Å². The van der Waals surface area contributed by atoms with Gasteiger partial charge in [0.15, 0.2) is 0 Å². The maximum Gasteiger partial charge on any atom is 0.0709 e. The highest BCUT2D eigenvalue weighted by Crippen LogP contribution is 2.40. The first-order valence-corrected chi connectivity index (χ1v) is 7.22. The van der Waals surface area contributed by atoms with E-state index in [9.17, 15) is 0 Å². The van der Waals surface area contributed by atoms with Crippen molar-refractivity contribution in [2.24, 2.45) is 0 Å². The largest absolute Gasteiger partial charge is 0.339 e. The van der Waals surface area contributed by atoms with E-state index in [0.717, 1.165) is 17.5 Å². The van der Waals surface area contributed by atoms with Crippen LogP contribution in [0, 0.1) is 0 Å². The Kier molecular flexibility index (Phi) is 1.92. The molecule has 1 heterocycles. The van der Waals surface area contributed by atoms with Crippen LogP contribution in [-0.2, 0) is 6.42 Å². The fourth-order valence-electron chi connectivity index (χ4n) is 3.63. The van der Waals surface area contributed by atoms with Crippen LogP contribution in [0.15, 0.2) is 60.7 Å². The summed E-state index contributed by atoms with van der Waals surface area (Å²) in [6.07, 6.45) is 1.02. The minimum absolute atomic E-state index is 1.02. The fraction of sp³-hybridized carbons (Fsp3) is 0.0526. The predicted octanol–water partition coefficient (Wildman–Crippen LogP) is 4.08. The molecule has 0 unspecified atom stereocenters. The van der Waals surface area contributed by atoms with Crippen LogP contribution in [0.1, 0.15) is 11.1 Å². The molecule has 100 valence electrons.